The molecule has 5 heterocycles. The zero-order valence-corrected chi connectivity index (χ0v) is 29.3. The number of fused-ring (bicyclic) bond motifs is 8. The molecule has 4 aromatic rings. The average molecular weight is 689 g/mol. The summed E-state index contributed by atoms with van der Waals surface area (Å²) in [7, 11) is 0. The third kappa shape index (κ3) is 8.06. The Morgan fingerprint density at radius 3 is 0.920 bits per heavy atom. The second kappa shape index (κ2) is 15.3. The Balaban J connectivity index is 1.69. The minimum atomic E-state index is -0.879. The molecule has 0 atom stereocenters. The van der Waals surface area contributed by atoms with Gasteiger partial charge in [-0.05, 0) is 111 Å². The Morgan fingerprint density at radius 1 is 0.400 bits per heavy atom. The summed E-state index contributed by atoms with van der Waals surface area (Å²) in [5.41, 5.74) is 15.9. The van der Waals surface area contributed by atoms with E-state index >= 15 is 0 Å². The number of carbonyl (C=O) groups is 4. The minimum Gasteiger partial charge on any atom is -0.481 e. The van der Waals surface area contributed by atoms with Crippen molar-refractivity contribution in [3.05, 3.63) is 90.1 Å². The number of H-pyrrole nitrogens is 4. The molecule has 0 radical (unpaired) electrons. The summed E-state index contributed by atoms with van der Waals surface area (Å²) < 4.78 is 0. The number of aliphatic carboxylic acids is 4. The molecule has 12 nitrogen and oxygen atoms in total. The van der Waals surface area contributed by atoms with E-state index in [0.29, 0.717) is 64.2 Å². The van der Waals surface area contributed by atoms with Crippen LogP contribution in [0.1, 0.15) is 129 Å². The summed E-state index contributed by atoms with van der Waals surface area (Å²) in [5.74, 6) is -3.44. The number of carboxylic acid groups (broad SMARTS) is 4. The first-order valence-electron chi connectivity index (χ1n) is 17.4. The fourth-order valence-corrected chi connectivity index (χ4v) is 7.71. The molecule has 1 aliphatic rings. The Kier molecular flexibility index (Phi) is 11.1. The van der Waals surface area contributed by atoms with E-state index in [0.717, 1.165) is 90.1 Å². The molecule has 50 heavy (non-hydrogen) atoms. The van der Waals surface area contributed by atoms with Crippen LogP contribution in [-0.2, 0) is 70.5 Å². The van der Waals surface area contributed by atoms with Crippen molar-refractivity contribution in [2.24, 2.45) is 0 Å². The van der Waals surface area contributed by atoms with E-state index in [1.165, 1.54) is 0 Å². The average Bonchev–Trinajstić information content (AvgIpc) is 3.69. The quantitative estimate of drug-likeness (QED) is 0.0717. The summed E-state index contributed by atoms with van der Waals surface area (Å²) in [4.78, 5) is 60.9. The van der Waals surface area contributed by atoms with Crippen LogP contribution in [0.15, 0.2) is 0 Å². The number of aromatic amines is 4. The summed E-state index contributed by atoms with van der Waals surface area (Å²) in [6.07, 6.45) is 4.99. The maximum absolute atomic E-state index is 11.7. The van der Waals surface area contributed by atoms with E-state index in [2.05, 4.69) is 26.9 Å². The molecule has 5 rings (SSSR count). The van der Waals surface area contributed by atoms with Crippen LogP contribution in [0.25, 0.3) is 0 Å². The highest BCUT2D eigenvalue weighted by atomic mass is 16.4. The smallest absolute Gasteiger partial charge is 0.303 e. The van der Waals surface area contributed by atoms with E-state index in [9.17, 15) is 39.6 Å². The lowest BCUT2D eigenvalue weighted by atomic mass is 9.96. The molecule has 8 bridgehead atoms. The van der Waals surface area contributed by atoms with Crippen LogP contribution in [0.3, 0.4) is 0 Å². The topological polar surface area (TPSA) is 212 Å². The SMILES string of the molecule is Cc1c2[nH]c(c1CCC(=O)O)Cc1[nH]c(c(CCC(=O)O)c1C)Cc1[nH]c(c(CCCC(=O)O)c1C)Cc1[nH]c(c(C)c1CCCC(=O)O)C2. The molecule has 0 spiro atoms. The normalized spacial score (nSPS) is 12.7. The molecule has 0 saturated heterocycles. The Hall–Kier alpha value is -5.00. The zero-order chi connectivity index (χ0) is 36.3. The summed E-state index contributed by atoms with van der Waals surface area (Å²) in [6.45, 7) is 8.13. The van der Waals surface area contributed by atoms with Gasteiger partial charge in [-0.1, -0.05) is 0 Å². The maximum atomic E-state index is 11.7. The standard InChI is InChI=1S/C38H48N4O8/c1-19-23(7-5-9-35(43)44)33-18-34-24(8-6-10-36(45)46)20(2)29(42-34)16-32-26(12-14-38(49)50)22(4)30(41-32)17-31-25(11-13-37(47)48)21(3)28(39-31)15-27(19)40-33/h39-42H,5-18H2,1-4H3,(H,43,44)(H,45,46)(H,47,48)(H,49,50). The van der Waals surface area contributed by atoms with Crippen LogP contribution in [0.4, 0.5) is 0 Å². The van der Waals surface area contributed by atoms with Crippen LogP contribution >= 0.6 is 0 Å². The van der Waals surface area contributed by atoms with Crippen molar-refractivity contribution >= 4 is 23.9 Å². The molecule has 4 aromatic heterocycles. The Morgan fingerprint density at radius 2 is 0.640 bits per heavy atom. The fraction of sp³-hybridized carbons (Fsp3) is 0.474. The molecule has 268 valence electrons. The van der Waals surface area contributed by atoms with Gasteiger partial charge in [0.05, 0.1) is 0 Å². The van der Waals surface area contributed by atoms with Gasteiger partial charge in [0, 0.05) is 96.9 Å². The largest absolute Gasteiger partial charge is 0.481 e. The summed E-state index contributed by atoms with van der Waals surface area (Å²) >= 11 is 0. The van der Waals surface area contributed by atoms with Crippen LogP contribution in [0, 0.1) is 27.7 Å². The predicted molar refractivity (Wildman–Crippen MR) is 186 cm³/mol. The van der Waals surface area contributed by atoms with E-state index in [1.807, 2.05) is 20.8 Å². The van der Waals surface area contributed by atoms with Gasteiger partial charge in [0.15, 0.2) is 0 Å². The monoisotopic (exact) mass is 688 g/mol. The van der Waals surface area contributed by atoms with Crippen LogP contribution < -0.4 is 0 Å². The maximum Gasteiger partial charge on any atom is 0.303 e. The first-order valence-corrected chi connectivity index (χ1v) is 17.4. The highest BCUT2D eigenvalue weighted by Crippen LogP contribution is 2.33. The van der Waals surface area contributed by atoms with E-state index in [1.54, 1.807) is 0 Å². The van der Waals surface area contributed by atoms with Crippen molar-refractivity contribution < 1.29 is 39.6 Å². The van der Waals surface area contributed by atoms with E-state index in [4.69, 9.17) is 0 Å². The first-order chi connectivity index (χ1) is 23.7. The third-order valence-corrected chi connectivity index (χ3v) is 10.5. The predicted octanol–water partition coefficient (Wildman–Crippen LogP) is 5.76. The van der Waals surface area contributed by atoms with Crippen molar-refractivity contribution in [3.63, 3.8) is 0 Å². The van der Waals surface area contributed by atoms with Gasteiger partial charge in [-0.25, -0.2) is 0 Å². The molecule has 0 saturated carbocycles. The van der Waals surface area contributed by atoms with E-state index in [-0.39, 0.29) is 25.7 Å². The second-order valence-corrected chi connectivity index (χ2v) is 13.7. The Labute approximate surface area is 290 Å². The molecular weight excluding hydrogens is 640 g/mol. The van der Waals surface area contributed by atoms with Crippen molar-refractivity contribution in [3.8, 4) is 0 Å². The number of carboxylic acids is 4. The number of aromatic nitrogens is 4. The first kappa shape index (κ1) is 36.3. The molecule has 8 N–H and O–H groups in total. The molecule has 0 fully saturated rings. The van der Waals surface area contributed by atoms with Crippen molar-refractivity contribution in [2.75, 3.05) is 0 Å². The third-order valence-electron chi connectivity index (χ3n) is 10.5. The van der Waals surface area contributed by atoms with Gasteiger partial charge in [-0.15, -0.1) is 0 Å². The van der Waals surface area contributed by atoms with Gasteiger partial charge in [0.1, 0.15) is 0 Å². The van der Waals surface area contributed by atoms with Crippen molar-refractivity contribution in [1.29, 1.82) is 0 Å². The highest BCUT2D eigenvalue weighted by Gasteiger charge is 2.25. The molecule has 0 amide bonds. The van der Waals surface area contributed by atoms with Crippen LogP contribution in [-0.4, -0.2) is 64.2 Å². The summed E-state index contributed by atoms with van der Waals surface area (Å²) in [5, 5.41) is 37.9. The molecule has 0 aromatic carbocycles. The molecule has 1 aliphatic heterocycles. The van der Waals surface area contributed by atoms with Gasteiger partial charge in [-0.3, -0.25) is 19.2 Å². The van der Waals surface area contributed by atoms with Crippen LogP contribution in [0.5, 0.6) is 0 Å². The molecule has 12 heteroatoms. The van der Waals surface area contributed by atoms with Crippen molar-refractivity contribution in [1.82, 2.24) is 19.9 Å². The Bertz CT molecular complexity index is 1940. The van der Waals surface area contributed by atoms with Crippen molar-refractivity contribution in [2.45, 2.75) is 118 Å². The van der Waals surface area contributed by atoms with Gasteiger partial charge >= 0.3 is 23.9 Å². The number of nitrogens with one attached hydrogen (secondary N) is 4. The molecular formula is C38H48N4O8. The summed E-state index contributed by atoms with van der Waals surface area (Å²) in [6, 6.07) is 0. The zero-order valence-electron chi connectivity index (χ0n) is 29.3. The van der Waals surface area contributed by atoms with Gasteiger partial charge in [0.25, 0.3) is 0 Å². The van der Waals surface area contributed by atoms with Gasteiger partial charge in [0.2, 0.25) is 0 Å². The lowest BCUT2D eigenvalue weighted by Crippen LogP contribution is -2.02. The molecule has 0 unspecified atom stereocenters. The number of rotatable bonds is 14. The molecule has 0 aliphatic carbocycles. The van der Waals surface area contributed by atoms with Crippen LogP contribution in [0.2, 0.25) is 0 Å². The van der Waals surface area contributed by atoms with Gasteiger partial charge in [-0.2, -0.15) is 0 Å². The highest BCUT2D eigenvalue weighted by molar-refractivity contribution is 5.68. The fourth-order valence-electron chi connectivity index (χ4n) is 7.71. The van der Waals surface area contributed by atoms with Gasteiger partial charge < -0.3 is 40.4 Å². The lowest BCUT2D eigenvalue weighted by molar-refractivity contribution is -0.138. The second-order valence-electron chi connectivity index (χ2n) is 13.7. The number of hydrogen-bond acceptors (Lipinski definition) is 4. The van der Waals surface area contributed by atoms with E-state index < -0.39 is 23.9 Å². The minimum absolute atomic E-state index is 0.00757. The number of hydrogen-bond donors (Lipinski definition) is 8. The lowest BCUT2D eigenvalue weighted by Gasteiger charge is -2.08.